The van der Waals surface area contributed by atoms with Gasteiger partial charge in [-0.15, -0.1) is 0 Å². The Hall–Kier alpha value is -2.91. The topological polar surface area (TPSA) is 63.5 Å². The van der Waals surface area contributed by atoms with E-state index in [1.54, 1.807) is 18.3 Å². The van der Waals surface area contributed by atoms with Crippen molar-refractivity contribution in [3.8, 4) is 6.07 Å². The van der Waals surface area contributed by atoms with Crippen LogP contribution >= 0.6 is 0 Å². The number of hydrogen-bond acceptors (Lipinski definition) is 5. The molecule has 2 fully saturated rings. The molecule has 2 aliphatic heterocycles. The van der Waals surface area contributed by atoms with E-state index in [4.69, 9.17) is 0 Å². The number of hydrogen-bond donors (Lipinski definition) is 0. The van der Waals surface area contributed by atoms with Gasteiger partial charge in [-0.3, -0.25) is 9.69 Å². The van der Waals surface area contributed by atoms with Crippen molar-refractivity contribution in [3.05, 3.63) is 54.2 Å². The SMILES string of the molecule is N#Cc1cccnc1N1CCN(C2CCN(c3ccccc3)C2=O)CC1. The van der Waals surface area contributed by atoms with Gasteiger partial charge in [-0.1, -0.05) is 18.2 Å². The summed E-state index contributed by atoms with van der Waals surface area (Å²) in [4.78, 5) is 23.6. The van der Waals surface area contributed by atoms with Crippen LogP contribution in [0.1, 0.15) is 12.0 Å². The molecule has 1 unspecified atom stereocenters. The summed E-state index contributed by atoms with van der Waals surface area (Å²) in [5, 5.41) is 9.27. The van der Waals surface area contributed by atoms with Crippen LogP contribution in [0.25, 0.3) is 0 Å². The summed E-state index contributed by atoms with van der Waals surface area (Å²) in [7, 11) is 0. The Morgan fingerprint density at radius 2 is 1.77 bits per heavy atom. The summed E-state index contributed by atoms with van der Waals surface area (Å²) in [6.45, 7) is 3.94. The number of benzene rings is 1. The lowest BCUT2D eigenvalue weighted by Gasteiger charge is -2.38. The van der Waals surface area contributed by atoms with Gasteiger partial charge in [-0.05, 0) is 30.7 Å². The van der Waals surface area contributed by atoms with Crippen molar-refractivity contribution >= 4 is 17.4 Å². The molecule has 1 atom stereocenters. The van der Waals surface area contributed by atoms with Crippen molar-refractivity contribution in [3.63, 3.8) is 0 Å². The molecule has 1 amide bonds. The number of rotatable bonds is 3. The third-order valence-corrected chi connectivity index (χ3v) is 5.21. The van der Waals surface area contributed by atoms with Crippen LogP contribution in [0, 0.1) is 11.3 Å². The van der Waals surface area contributed by atoms with Gasteiger partial charge in [0.05, 0.1) is 11.6 Å². The van der Waals surface area contributed by atoms with Crippen molar-refractivity contribution in [1.29, 1.82) is 5.26 Å². The maximum atomic E-state index is 12.9. The van der Waals surface area contributed by atoms with Crippen LogP contribution in [0.4, 0.5) is 11.5 Å². The molecular weight excluding hydrogens is 326 g/mol. The minimum atomic E-state index is -0.0449. The molecule has 0 saturated carbocycles. The van der Waals surface area contributed by atoms with Crippen molar-refractivity contribution < 1.29 is 4.79 Å². The highest BCUT2D eigenvalue weighted by atomic mass is 16.2. The molecule has 0 bridgehead atoms. The molecule has 2 saturated heterocycles. The van der Waals surface area contributed by atoms with E-state index in [1.807, 2.05) is 35.2 Å². The second kappa shape index (κ2) is 7.14. The van der Waals surface area contributed by atoms with Gasteiger partial charge in [0.1, 0.15) is 11.9 Å². The molecule has 2 aromatic rings. The molecule has 2 aliphatic rings. The third kappa shape index (κ3) is 3.02. The fourth-order valence-electron chi connectivity index (χ4n) is 3.85. The first-order valence-corrected chi connectivity index (χ1v) is 8.98. The molecule has 0 radical (unpaired) electrons. The van der Waals surface area contributed by atoms with Crippen LogP contribution in [-0.4, -0.2) is 54.6 Å². The lowest BCUT2D eigenvalue weighted by Crippen LogP contribution is -2.53. The van der Waals surface area contributed by atoms with Crippen molar-refractivity contribution in [2.45, 2.75) is 12.5 Å². The highest BCUT2D eigenvalue weighted by Crippen LogP contribution is 2.26. The molecule has 4 rings (SSSR count). The van der Waals surface area contributed by atoms with Crippen LogP contribution in [0.5, 0.6) is 0 Å². The molecular formula is C20H21N5O. The van der Waals surface area contributed by atoms with Gasteiger partial charge >= 0.3 is 0 Å². The Labute approximate surface area is 153 Å². The maximum Gasteiger partial charge on any atom is 0.244 e. The first-order valence-electron chi connectivity index (χ1n) is 8.98. The van der Waals surface area contributed by atoms with E-state index in [0.29, 0.717) is 5.56 Å². The highest BCUT2D eigenvalue weighted by molar-refractivity contribution is 5.99. The number of aromatic nitrogens is 1. The number of piperazine rings is 1. The van der Waals surface area contributed by atoms with E-state index >= 15 is 0 Å². The van der Waals surface area contributed by atoms with Gasteiger partial charge < -0.3 is 9.80 Å². The van der Waals surface area contributed by atoms with Crippen LogP contribution in [-0.2, 0) is 4.79 Å². The van der Waals surface area contributed by atoms with Crippen LogP contribution < -0.4 is 9.80 Å². The molecule has 6 heteroatoms. The summed E-state index contributed by atoms with van der Waals surface area (Å²) in [5.74, 6) is 0.943. The molecule has 26 heavy (non-hydrogen) atoms. The molecule has 132 valence electrons. The number of para-hydroxylation sites is 1. The zero-order chi connectivity index (χ0) is 17.9. The van der Waals surface area contributed by atoms with Gasteiger partial charge in [0, 0.05) is 44.6 Å². The number of nitrogens with zero attached hydrogens (tertiary/aromatic N) is 5. The summed E-state index contributed by atoms with van der Waals surface area (Å²) in [6, 6.07) is 15.6. The van der Waals surface area contributed by atoms with E-state index < -0.39 is 0 Å². The number of anilines is 2. The third-order valence-electron chi connectivity index (χ3n) is 5.21. The number of carbonyl (C=O) groups is 1. The Morgan fingerprint density at radius 3 is 2.50 bits per heavy atom. The Bertz CT molecular complexity index is 824. The number of carbonyl (C=O) groups excluding carboxylic acids is 1. The predicted octanol–water partition coefficient (Wildman–Crippen LogP) is 1.88. The first-order chi connectivity index (χ1) is 12.8. The van der Waals surface area contributed by atoms with E-state index in [1.165, 1.54) is 0 Å². The second-order valence-corrected chi connectivity index (χ2v) is 6.64. The minimum Gasteiger partial charge on any atom is -0.353 e. The lowest BCUT2D eigenvalue weighted by molar-refractivity contribution is -0.121. The molecule has 1 aromatic heterocycles. The fraction of sp³-hybridized carbons (Fsp3) is 0.350. The minimum absolute atomic E-state index is 0.0449. The summed E-state index contributed by atoms with van der Waals surface area (Å²) in [6.07, 6.45) is 2.58. The maximum absolute atomic E-state index is 12.9. The Morgan fingerprint density at radius 1 is 1.00 bits per heavy atom. The fourth-order valence-corrected chi connectivity index (χ4v) is 3.85. The zero-order valence-corrected chi connectivity index (χ0v) is 14.6. The number of nitriles is 1. The van der Waals surface area contributed by atoms with Gasteiger partial charge in [0.25, 0.3) is 0 Å². The summed E-state index contributed by atoms with van der Waals surface area (Å²) in [5.41, 5.74) is 1.58. The Kier molecular flexibility index (Phi) is 4.55. The average Bonchev–Trinajstić information content (AvgIpc) is 3.10. The largest absolute Gasteiger partial charge is 0.353 e. The van der Waals surface area contributed by atoms with Gasteiger partial charge in [-0.25, -0.2) is 4.98 Å². The van der Waals surface area contributed by atoms with Crippen LogP contribution in [0.2, 0.25) is 0 Å². The zero-order valence-electron chi connectivity index (χ0n) is 14.6. The summed E-state index contributed by atoms with van der Waals surface area (Å²) < 4.78 is 0. The monoisotopic (exact) mass is 347 g/mol. The summed E-state index contributed by atoms with van der Waals surface area (Å²) >= 11 is 0. The van der Waals surface area contributed by atoms with Crippen molar-refractivity contribution in [2.24, 2.45) is 0 Å². The van der Waals surface area contributed by atoms with E-state index in [-0.39, 0.29) is 11.9 Å². The van der Waals surface area contributed by atoms with E-state index in [0.717, 1.165) is 50.6 Å². The molecule has 6 nitrogen and oxygen atoms in total. The standard InChI is InChI=1S/C20H21N5O/c21-15-16-5-4-9-22-19(16)24-13-11-23(12-14-24)18-8-10-25(20(18)26)17-6-2-1-3-7-17/h1-7,9,18H,8,10-14H2. The Balaban J connectivity index is 1.41. The smallest absolute Gasteiger partial charge is 0.244 e. The molecule has 1 aromatic carbocycles. The quantitative estimate of drug-likeness (QED) is 0.848. The number of pyridine rings is 1. The van der Waals surface area contributed by atoms with E-state index in [9.17, 15) is 10.1 Å². The molecule has 0 aliphatic carbocycles. The van der Waals surface area contributed by atoms with Gasteiger partial charge in [0.15, 0.2) is 0 Å². The van der Waals surface area contributed by atoms with Gasteiger partial charge in [0.2, 0.25) is 5.91 Å². The lowest BCUT2D eigenvalue weighted by atomic mass is 10.1. The second-order valence-electron chi connectivity index (χ2n) is 6.64. The average molecular weight is 347 g/mol. The van der Waals surface area contributed by atoms with Crippen molar-refractivity contribution in [2.75, 3.05) is 42.5 Å². The van der Waals surface area contributed by atoms with Crippen molar-refractivity contribution in [1.82, 2.24) is 9.88 Å². The van der Waals surface area contributed by atoms with E-state index in [2.05, 4.69) is 20.9 Å². The van der Waals surface area contributed by atoms with Crippen LogP contribution in [0.3, 0.4) is 0 Å². The van der Waals surface area contributed by atoms with Gasteiger partial charge in [-0.2, -0.15) is 5.26 Å². The number of amides is 1. The molecule has 3 heterocycles. The van der Waals surface area contributed by atoms with Crippen LogP contribution in [0.15, 0.2) is 48.7 Å². The predicted molar refractivity (Wildman–Crippen MR) is 99.9 cm³/mol. The highest BCUT2D eigenvalue weighted by Gasteiger charge is 2.37. The first kappa shape index (κ1) is 16.6. The molecule has 0 N–H and O–H groups in total. The normalized spacial score (nSPS) is 21.0. The molecule has 0 spiro atoms.